The van der Waals surface area contributed by atoms with Gasteiger partial charge in [-0.25, -0.2) is 14.6 Å². The number of carbonyl (C=O) groups excluding carboxylic acids is 1. The van der Waals surface area contributed by atoms with Crippen LogP contribution in [0.5, 0.6) is 5.75 Å². The van der Waals surface area contributed by atoms with Crippen molar-refractivity contribution < 1.29 is 9.53 Å². The molecule has 0 aliphatic heterocycles. The highest BCUT2D eigenvalue weighted by Crippen LogP contribution is 2.25. The maximum absolute atomic E-state index is 12.1. The molecule has 8 nitrogen and oxygen atoms in total. The number of hydrogen-bond acceptors (Lipinski definition) is 7. The van der Waals surface area contributed by atoms with Gasteiger partial charge in [0.25, 0.3) is 5.91 Å². The number of anilines is 1. The molecule has 10 heteroatoms. The number of rotatable bonds is 11. The Balaban J connectivity index is 1.61. The van der Waals surface area contributed by atoms with Crippen molar-refractivity contribution in [1.82, 2.24) is 25.1 Å². The van der Waals surface area contributed by atoms with Crippen LogP contribution in [-0.2, 0) is 11.3 Å². The standard InChI is InChI=1S/C21H27ClN6O2S/c1-4-11-31-21-26-19(25-14(2)3)17-12-24-28(20(17)27-21)10-9-23-18(29)13-30-16-7-5-15(22)6-8-16/h5-8,12,14H,4,9-11,13H2,1-3H3,(H,23,29)(H,25,26,27). The number of thioether (sulfide) groups is 1. The summed E-state index contributed by atoms with van der Waals surface area (Å²) in [4.78, 5) is 21.4. The smallest absolute Gasteiger partial charge is 0.258 e. The first kappa shape index (κ1) is 23.1. The Morgan fingerprint density at radius 2 is 2.03 bits per heavy atom. The van der Waals surface area contributed by atoms with Crippen molar-refractivity contribution in [3.63, 3.8) is 0 Å². The number of carbonyl (C=O) groups is 1. The van der Waals surface area contributed by atoms with E-state index in [1.54, 1.807) is 46.9 Å². The molecule has 2 aromatic heterocycles. The van der Waals surface area contributed by atoms with Gasteiger partial charge in [-0.1, -0.05) is 30.3 Å². The minimum atomic E-state index is -0.206. The first-order valence-corrected chi connectivity index (χ1v) is 11.6. The lowest BCUT2D eigenvalue weighted by atomic mass is 10.3. The molecule has 0 saturated heterocycles. The fourth-order valence-corrected chi connectivity index (χ4v) is 3.59. The van der Waals surface area contributed by atoms with E-state index in [0.717, 1.165) is 34.2 Å². The zero-order valence-electron chi connectivity index (χ0n) is 17.9. The van der Waals surface area contributed by atoms with Gasteiger partial charge in [0.15, 0.2) is 17.4 Å². The predicted molar refractivity (Wildman–Crippen MR) is 125 cm³/mol. The Morgan fingerprint density at radius 1 is 1.26 bits per heavy atom. The number of benzene rings is 1. The zero-order chi connectivity index (χ0) is 22.2. The summed E-state index contributed by atoms with van der Waals surface area (Å²) in [6.07, 6.45) is 2.81. The highest BCUT2D eigenvalue weighted by atomic mass is 35.5. The number of ether oxygens (including phenoxy) is 1. The minimum absolute atomic E-state index is 0.0656. The van der Waals surface area contributed by atoms with Crippen LogP contribution < -0.4 is 15.4 Å². The van der Waals surface area contributed by atoms with Crippen molar-refractivity contribution in [2.75, 3.05) is 24.2 Å². The van der Waals surface area contributed by atoms with Crippen LogP contribution in [0.3, 0.4) is 0 Å². The van der Waals surface area contributed by atoms with Gasteiger partial charge in [-0.3, -0.25) is 4.79 Å². The van der Waals surface area contributed by atoms with E-state index in [1.807, 2.05) is 0 Å². The molecule has 2 heterocycles. The lowest BCUT2D eigenvalue weighted by Crippen LogP contribution is -2.31. The Kier molecular flexibility index (Phi) is 8.36. The second-order valence-electron chi connectivity index (χ2n) is 7.20. The first-order valence-electron chi connectivity index (χ1n) is 10.2. The van der Waals surface area contributed by atoms with Crippen LogP contribution in [0.1, 0.15) is 27.2 Å². The van der Waals surface area contributed by atoms with Gasteiger partial charge >= 0.3 is 0 Å². The molecule has 1 aromatic carbocycles. The minimum Gasteiger partial charge on any atom is -0.484 e. The van der Waals surface area contributed by atoms with Crippen LogP contribution >= 0.6 is 23.4 Å². The third-order valence-corrected chi connectivity index (χ3v) is 5.47. The molecule has 0 unspecified atom stereocenters. The summed E-state index contributed by atoms with van der Waals surface area (Å²) in [7, 11) is 0. The van der Waals surface area contributed by atoms with Crippen molar-refractivity contribution in [3.05, 3.63) is 35.5 Å². The van der Waals surface area contributed by atoms with Crippen LogP contribution in [-0.4, -0.2) is 50.6 Å². The number of nitrogens with zero attached hydrogens (tertiary/aromatic N) is 4. The van der Waals surface area contributed by atoms with E-state index in [-0.39, 0.29) is 18.6 Å². The Labute approximate surface area is 191 Å². The van der Waals surface area contributed by atoms with E-state index < -0.39 is 0 Å². The highest BCUT2D eigenvalue weighted by Gasteiger charge is 2.14. The van der Waals surface area contributed by atoms with Gasteiger partial charge in [-0.2, -0.15) is 5.10 Å². The van der Waals surface area contributed by atoms with Crippen molar-refractivity contribution >= 4 is 46.1 Å². The molecule has 1 amide bonds. The van der Waals surface area contributed by atoms with E-state index in [2.05, 4.69) is 46.5 Å². The Morgan fingerprint density at radius 3 is 2.74 bits per heavy atom. The highest BCUT2D eigenvalue weighted by molar-refractivity contribution is 7.99. The number of fused-ring (bicyclic) bond motifs is 1. The molecule has 0 saturated carbocycles. The molecule has 0 aliphatic rings. The van der Waals surface area contributed by atoms with E-state index >= 15 is 0 Å². The third kappa shape index (κ3) is 6.73. The molecule has 166 valence electrons. The molecule has 31 heavy (non-hydrogen) atoms. The summed E-state index contributed by atoms with van der Waals surface area (Å²) >= 11 is 7.47. The first-order chi connectivity index (χ1) is 15.0. The van der Waals surface area contributed by atoms with Gasteiger partial charge in [0.1, 0.15) is 11.6 Å². The molecule has 0 spiro atoms. The van der Waals surface area contributed by atoms with E-state index in [9.17, 15) is 4.79 Å². The molecule has 2 N–H and O–H groups in total. The molecule has 0 aliphatic carbocycles. The second kappa shape index (κ2) is 11.2. The number of amides is 1. The summed E-state index contributed by atoms with van der Waals surface area (Å²) in [6.45, 7) is 7.10. The quantitative estimate of drug-likeness (QED) is 0.328. The molecule has 3 aromatic rings. The van der Waals surface area contributed by atoms with E-state index in [0.29, 0.717) is 23.9 Å². The van der Waals surface area contributed by atoms with E-state index in [1.165, 1.54) is 0 Å². The molecule has 3 rings (SSSR count). The van der Waals surface area contributed by atoms with Crippen LogP contribution in [0.25, 0.3) is 11.0 Å². The van der Waals surface area contributed by atoms with Crippen LogP contribution in [0.4, 0.5) is 5.82 Å². The normalized spacial score (nSPS) is 11.1. The summed E-state index contributed by atoms with van der Waals surface area (Å²) < 4.78 is 7.25. The molecular weight excluding hydrogens is 436 g/mol. The monoisotopic (exact) mass is 462 g/mol. The van der Waals surface area contributed by atoms with Gasteiger partial charge in [-0.15, -0.1) is 0 Å². The summed E-state index contributed by atoms with van der Waals surface area (Å²) in [6, 6.07) is 7.12. The summed E-state index contributed by atoms with van der Waals surface area (Å²) in [5.41, 5.74) is 0.753. The maximum atomic E-state index is 12.1. The lowest BCUT2D eigenvalue weighted by Gasteiger charge is -2.12. The van der Waals surface area contributed by atoms with Crippen molar-refractivity contribution in [3.8, 4) is 5.75 Å². The maximum Gasteiger partial charge on any atom is 0.258 e. The number of hydrogen-bond donors (Lipinski definition) is 2. The average Bonchev–Trinajstić information content (AvgIpc) is 3.15. The van der Waals surface area contributed by atoms with E-state index in [4.69, 9.17) is 16.3 Å². The SMILES string of the molecule is CCCSc1nc(NC(C)C)c2cnn(CCNC(=O)COc3ccc(Cl)cc3)c2n1. The molecule has 0 fully saturated rings. The molecule has 0 bridgehead atoms. The predicted octanol–water partition coefficient (Wildman–Crippen LogP) is 4.00. The second-order valence-corrected chi connectivity index (χ2v) is 8.70. The van der Waals surface area contributed by atoms with Gasteiger partial charge in [0.2, 0.25) is 0 Å². The van der Waals surface area contributed by atoms with Crippen molar-refractivity contribution in [2.24, 2.45) is 0 Å². The van der Waals surface area contributed by atoms with Crippen molar-refractivity contribution in [2.45, 2.75) is 44.9 Å². The van der Waals surface area contributed by atoms with Gasteiger partial charge < -0.3 is 15.4 Å². The molecular formula is C21H27ClN6O2S. The van der Waals surface area contributed by atoms with Gasteiger partial charge in [0.05, 0.1) is 18.1 Å². The average molecular weight is 463 g/mol. The van der Waals surface area contributed by atoms with Gasteiger partial charge in [0, 0.05) is 23.4 Å². The zero-order valence-corrected chi connectivity index (χ0v) is 19.5. The lowest BCUT2D eigenvalue weighted by molar-refractivity contribution is -0.123. The van der Waals surface area contributed by atoms with Gasteiger partial charge in [-0.05, 0) is 44.5 Å². The van der Waals surface area contributed by atoms with Crippen LogP contribution in [0.2, 0.25) is 5.02 Å². The Bertz CT molecular complexity index is 1010. The fraction of sp³-hybridized carbons (Fsp3) is 0.429. The topological polar surface area (TPSA) is 94.0 Å². The molecule has 0 atom stereocenters. The fourth-order valence-electron chi connectivity index (χ4n) is 2.77. The number of aromatic nitrogens is 4. The molecule has 0 radical (unpaired) electrons. The summed E-state index contributed by atoms with van der Waals surface area (Å²) in [5.74, 6) is 2.12. The Hall–Kier alpha value is -2.52. The van der Waals surface area contributed by atoms with Crippen LogP contribution in [0, 0.1) is 0 Å². The largest absolute Gasteiger partial charge is 0.484 e. The van der Waals surface area contributed by atoms with Crippen LogP contribution in [0.15, 0.2) is 35.6 Å². The number of nitrogens with one attached hydrogen (secondary N) is 2. The number of halogens is 1. The summed E-state index contributed by atoms with van der Waals surface area (Å²) in [5, 5.41) is 12.9. The third-order valence-electron chi connectivity index (χ3n) is 4.17. The van der Waals surface area contributed by atoms with Crippen molar-refractivity contribution in [1.29, 1.82) is 0 Å².